The summed E-state index contributed by atoms with van der Waals surface area (Å²) < 4.78 is 4.90. The lowest BCUT2D eigenvalue weighted by atomic mass is 10.1. The Hall–Kier alpha value is -2.56. The molecule has 0 saturated heterocycles. The predicted octanol–water partition coefficient (Wildman–Crippen LogP) is 1.95. The lowest BCUT2D eigenvalue weighted by Gasteiger charge is -2.03. The first-order chi connectivity index (χ1) is 9.16. The van der Waals surface area contributed by atoms with Crippen LogP contribution < -0.4 is 5.32 Å². The smallest absolute Gasteiger partial charge is 0.371 e. The number of aromatic carboxylic acids is 1. The van der Waals surface area contributed by atoms with Crippen molar-refractivity contribution in [3.8, 4) is 0 Å². The lowest BCUT2D eigenvalue weighted by molar-refractivity contribution is 0.0659. The minimum Gasteiger partial charge on any atom is -0.475 e. The summed E-state index contributed by atoms with van der Waals surface area (Å²) in [5.74, 6) is -1.84. The fourth-order valence-electron chi connectivity index (χ4n) is 1.63. The molecular formula is C14H13NO4. The summed E-state index contributed by atoms with van der Waals surface area (Å²) in [5.41, 5.74) is 1.12. The van der Waals surface area contributed by atoms with Gasteiger partial charge in [-0.15, -0.1) is 0 Å². The van der Waals surface area contributed by atoms with Crippen LogP contribution in [0.2, 0.25) is 0 Å². The molecule has 19 heavy (non-hydrogen) atoms. The van der Waals surface area contributed by atoms with E-state index in [1.54, 1.807) is 0 Å². The SMILES string of the molecule is O=C(O)c1ccc(C(=O)NCCc2ccccc2)o1. The fourth-order valence-corrected chi connectivity index (χ4v) is 1.63. The highest BCUT2D eigenvalue weighted by Gasteiger charge is 2.14. The van der Waals surface area contributed by atoms with Crippen molar-refractivity contribution in [2.45, 2.75) is 6.42 Å². The standard InChI is InChI=1S/C14H13NO4/c16-13(11-6-7-12(19-11)14(17)18)15-9-8-10-4-2-1-3-5-10/h1-7H,8-9H2,(H,15,16)(H,17,18). The number of carbonyl (C=O) groups is 2. The predicted molar refractivity (Wildman–Crippen MR) is 68.1 cm³/mol. The van der Waals surface area contributed by atoms with E-state index in [1.807, 2.05) is 30.3 Å². The third kappa shape index (κ3) is 3.45. The Morgan fingerprint density at radius 1 is 1.05 bits per heavy atom. The molecule has 1 heterocycles. The molecule has 1 aromatic carbocycles. The second kappa shape index (κ2) is 5.86. The summed E-state index contributed by atoms with van der Waals surface area (Å²) in [7, 11) is 0. The first kappa shape index (κ1) is 12.9. The van der Waals surface area contributed by atoms with Gasteiger partial charge >= 0.3 is 5.97 Å². The summed E-state index contributed by atoms with van der Waals surface area (Å²) in [5, 5.41) is 11.4. The number of carboxylic acid groups (broad SMARTS) is 1. The van der Waals surface area contributed by atoms with Crippen molar-refractivity contribution in [3.05, 3.63) is 59.5 Å². The molecule has 98 valence electrons. The van der Waals surface area contributed by atoms with Crippen LogP contribution in [0.1, 0.15) is 26.7 Å². The molecule has 0 aliphatic carbocycles. The molecule has 5 heteroatoms. The molecule has 0 unspecified atom stereocenters. The van der Waals surface area contributed by atoms with Crippen LogP contribution in [0.4, 0.5) is 0 Å². The lowest BCUT2D eigenvalue weighted by Crippen LogP contribution is -2.25. The van der Waals surface area contributed by atoms with E-state index in [2.05, 4.69) is 5.32 Å². The van der Waals surface area contributed by atoms with Crippen molar-refractivity contribution >= 4 is 11.9 Å². The van der Waals surface area contributed by atoms with E-state index in [1.165, 1.54) is 12.1 Å². The highest BCUT2D eigenvalue weighted by Crippen LogP contribution is 2.07. The van der Waals surface area contributed by atoms with Gasteiger partial charge in [-0.2, -0.15) is 0 Å². The largest absolute Gasteiger partial charge is 0.475 e. The van der Waals surface area contributed by atoms with E-state index in [9.17, 15) is 9.59 Å². The highest BCUT2D eigenvalue weighted by atomic mass is 16.4. The molecule has 0 atom stereocenters. The van der Waals surface area contributed by atoms with Crippen molar-refractivity contribution in [1.29, 1.82) is 0 Å². The van der Waals surface area contributed by atoms with Gasteiger partial charge < -0.3 is 14.8 Å². The molecule has 0 radical (unpaired) electrons. The minimum absolute atomic E-state index is 0.00506. The number of furan rings is 1. The normalized spacial score (nSPS) is 10.1. The number of hydrogen-bond acceptors (Lipinski definition) is 3. The molecule has 0 fully saturated rings. The van der Waals surface area contributed by atoms with Gasteiger partial charge in [-0.1, -0.05) is 30.3 Å². The Balaban J connectivity index is 1.85. The maximum Gasteiger partial charge on any atom is 0.371 e. The van der Waals surface area contributed by atoms with Gasteiger partial charge in [0.1, 0.15) is 0 Å². The summed E-state index contributed by atoms with van der Waals surface area (Å²) in [4.78, 5) is 22.3. The Morgan fingerprint density at radius 2 is 1.74 bits per heavy atom. The van der Waals surface area contributed by atoms with Crippen LogP contribution >= 0.6 is 0 Å². The van der Waals surface area contributed by atoms with Crippen molar-refractivity contribution in [2.75, 3.05) is 6.54 Å². The zero-order valence-corrected chi connectivity index (χ0v) is 10.1. The van der Waals surface area contributed by atoms with E-state index in [0.717, 1.165) is 5.56 Å². The van der Waals surface area contributed by atoms with Crippen molar-refractivity contribution in [3.63, 3.8) is 0 Å². The van der Waals surface area contributed by atoms with Crippen LogP contribution in [0.15, 0.2) is 46.9 Å². The number of rotatable bonds is 5. The molecule has 2 N–H and O–H groups in total. The van der Waals surface area contributed by atoms with Gasteiger partial charge in [0, 0.05) is 6.54 Å². The van der Waals surface area contributed by atoms with Crippen LogP contribution in [-0.4, -0.2) is 23.5 Å². The van der Waals surface area contributed by atoms with Gasteiger partial charge in [0.15, 0.2) is 5.76 Å². The zero-order valence-electron chi connectivity index (χ0n) is 10.1. The van der Waals surface area contributed by atoms with Crippen LogP contribution in [0, 0.1) is 0 Å². The van der Waals surface area contributed by atoms with Gasteiger partial charge in [0.05, 0.1) is 0 Å². The Labute approximate surface area is 109 Å². The number of benzene rings is 1. The molecule has 1 amide bonds. The Morgan fingerprint density at radius 3 is 2.37 bits per heavy atom. The van der Waals surface area contributed by atoms with Crippen molar-refractivity contribution < 1.29 is 19.1 Å². The van der Waals surface area contributed by atoms with E-state index in [4.69, 9.17) is 9.52 Å². The number of hydrogen-bond donors (Lipinski definition) is 2. The summed E-state index contributed by atoms with van der Waals surface area (Å²) >= 11 is 0. The molecule has 0 aliphatic rings. The molecule has 5 nitrogen and oxygen atoms in total. The van der Waals surface area contributed by atoms with Crippen LogP contribution in [0.3, 0.4) is 0 Å². The van der Waals surface area contributed by atoms with Crippen molar-refractivity contribution in [2.24, 2.45) is 0 Å². The van der Waals surface area contributed by atoms with Crippen LogP contribution in [-0.2, 0) is 6.42 Å². The third-order valence-corrected chi connectivity index (χ3v) is 2.58. The molecule has 2 aromatic rings. The average molecular weight is 259 g/mol. The van der Waals surface area contributed by atoms with E-state index >= 15 is 0 Å². The monoisotopic (exact) mass is 259 g/mol. The molecule has 0 bridgehead atoms. The first-order valence-corrected chi connectivity index (χ1v) is 5.82. The molecular weight excluding hydrogens is 246 g/mol. The Kier molecular flexibility index (Phi) is 3.97. The van der Waals surface area contributed by atoms with Crippen LogP contribution in [0.25, 0.3) is 0 Å². The summed E-state index contributed by atoms with van der Waals surface area (Å²) in [6.45, 7) is 0.464. The quantitative estimate of drug-likeness (QED) is 0.860. The van der Waals surface area contributed by atoms with Gasteiger partial charge in [-0.3, -0.25) is 4.79 Å². The second-order valence-electron chi connectivity index (χ2n) is 3.96. The molecule has 2 rings (SSSR count). The van der Waals surface area contributed by atoms with Crippen LogP contribution in [0.5, 0.6) is 0 Å². The second-order valence-corrected chi connectivity index (χ2v) is 3.96. The van der Waals surface area contributed by atoms with Gasteiger partial charge in [-0.05, 0) is 24.1 Å². The summed E-state index contributed by atoms with van der Waals surface area (Å²) in [6.07, 6.45) is 0.707. The maximum atomic E-state index is 11.7. The van der Waals surface area contributed by atoms with E-state index in [0.29, 0.717) is 13.0 Å². The van der Waals surface area contributed by atoms with Crippen molar-refractivity contribution in [1.82, 2.24) is 5.32 Å². The van der Waals surface area contributed by atoms with E-state index < -0.39 is 11.9 Å². The zero-order chi connectivity index (χ0) is 13.7. The third-order valence-electron chi connectivity index (χ3n) is 2.58. The maximum absolute atomic E-state index is 11.7. The average Bonchev–Trinajstić information content (AvgIpc) is 2.89. The highest BCUT2D eigenvalue weighted by molar-refractivity contribution is 5.93. The number of carbonyl (C=O) groups excluding carboxylic acids is 1. The molecule has 0 saturated carbocycles. The molecule has 0 spiro atoms. The number of amides is 1. The van der Waals surface area contributed by atoms with Gasteiger partial charge in [0.2, 0.25) is 5.76 Å². The summed E-state index contributed by atoms with van der Waals surface area (Å²) in [6, 6.07) is 12.4. The van der Waals surface area contributed by atoms with Gasteiger partial charge in [0.25, 0.3) is 5.91 Å². The van der Waals surface area contributed by atoms with E-state index in [-0.39, 0.29) is 11.5 Å². The molecule has 1 aromatic heterocycles. The molecule has 0 aliphatic heterocycles. The number of nitrogens with one attached hydrogen (secondary N) is 1. The minimum atomic E-state index is -1.19. The topological polar surface area (TPSA) is 79.5 Å². The number of carboxylic acids is 1. The first-order valence-electron chi connectivity index (χ1n) is 5.82. The van der Waals surface area contributed by atoms with Gasteiger partial charge in [-0.25, -0.2) is 4.79 Å². The fraction of sp³-hybridized carbons (Fsp3) is 0.143. The Bertz CT molecular complexity index is 574.